The number of fused-ring (bicyclic) bond motifs is 1. The van der Waals surface area contributed by atoms with E-state index in [9.17, 15) is 9.59 Å². The second-order valence-corrected chi connectivity index (χ2v) is 8.17. The predicted molar refractivity (Wildman–Crippen MR) is 119 cm³/mol. The first-order valence-corrected chi connectivity index (χ1v) is 10.6. The van der Waals surface area contributed by atoms with Gasteiger partial charge in [0.1, 0.15) is 0 Å². The molecular formula is C24H24N2O3S. The largest absolute Gasteiger partial charge is 0.462 e. The first-order valence-electron chi connectivity index (χ1n) is 9.83. The van der Waals surface area contributed by atoms with Crippen LogP contribution < -0.4 is 4.80 Å². The second-order valence-electron chi connectivity index (χ2n) is 7.16. The Morgan fingerprint density at radius 2 is 1.93 bits per heavy atom. The molecule has 0 spiro atoms. The van der Waals surface area contributed by atoms with Crippen molar-refractivity contribution in [2.24, 2.45) is 4.99 Å². The van der Waals surface area contributed by atoms with Gasteiger partial charge in [-0.15, -0.1) is 6.42 Å². The van der Waals surface area contributed by atoms with Gasteiger partial charge in [0.2, 0.25) is 0 Å². The lowest BCUT2D eigenvalue weighted by molar-refractivity contribution is -0.117. The molecule has 0 N–H and O–H groups in total. The topological polar surface area (TPSA) is 60.7 Å². The third-order valence-electron chi connectivity index (χ3n) is 4.67. The van der Waals surface area contributed by atoms with E-state index in [4.69, 9.17) is 11.2 Å². The molecule has 154 valence electrons. The third kappa shape index (κ3) is 4.87. The van der Waals surface area contributed by atoms with E-state index in [0.29, 0.717) is 22.9 Å². The van der Waals surface area contributed by atoms with Crippen LogP contribution in [-0.4, -0.2) is 23.1 Å². The van der Waals surface area contributed by atoms with Gasteiger partial charge in [-0.3, -0.25) is 4.79 Å². The molecule has 0 aliphatic carbocycles. The predicted octanol–water partition coefficient (Wildman–Crippen LogP) is 4.31. The molecule has 1 heterocycles. The Kier molecular flexibility index (Phi) is 6.86. The van der Waals surface area contributed by atoms with E-state index in [1.165, 1.54) is 16.9 Å². The normalized spacial score (nSPS) is 11.6. The van der Waals surface area contributed by atoms with Gasteiger partial charge in [-0.2, -0.15) is 4.99 Å². The van der Waals surface area contributed by atoms with Crippen LogP contribution in [0.25, 0.3) is 10.2 Å². The highest BCUT2D eigenvalue weighted by atomic mass is 32.1. The van der Waals surface area contributed by atoms with E-state index in [2.05, 4.69) is 24.8 Å². The highest BCUT2D eigenvalue weighted by molar-refractivity contribution is 7.16. The minimum absolute atomic E-state index is 0.219. The number of hydrogen-bond acceptors (Lipinski definition) is 4. The summed E-state index contributed by atoms with van der Waals surface area (Å²) < 4.78 is 7.70. The van der Waals surface area contributed by atoms with E-state index < -0.39 is 0 Å². The van der Waals surface area contributed by atoms with Crippen LogP contribution in [0.15, 0.2) is 47.5 Å². The molecule has 6 heteroatoms. The number of nitrogens with zero attached hydrogens (tertiary/aromatic N) is 2. The van der Waals surface area contributed by atoms with Gasteiger partial charge in [0.05, 0.1) is 35.4 Å². The fourth-order valence-electron chi connectivity index (χ4n) is 3.09. The molecular weight excluding hydrogens is 396 g/mol. The molecule has 0 aliphatic heterocycles. The number of ether oxygens (including phenoxy) is 1. The Bertz CT molecular complexity index is 1180. The second kappa shape index (κ2) is 9.55. The lowest BCUT2D eigenvalue weighted by atomic mass is 10.0. The standard InChI is InChI=1S/C24H24N2O3S/c1-5-13-26-20-12-11-19(23(28)29-6-2)15-21(20)30-24(26)25-22(27)14-17-7-9-18(10-8-17)16(3)4/h1,7-12,15-16H,6,13-14H2,2-4H3. The summed E-state index contributed by atoms with van der Waals surface area (Å²) in [6, 6.07) is 13.3. The van der Waals surface area contributed by atoms with E-state index >= 15 is 0 Å². The van der Waals surface area contributed by atoms with Gasteiger partial charge in [0, 0.05) is 0 Å². The summed E-state index contributed by atoms with van der Waals surface area (Å²) in [5.74, 6) is 2.43. The summed E-state index contributed by atoms with van der Waals surface area (Å²) in [4.78, 5) is 29.4. The van der Waals surface area contributed by atoms with Crippen LogP contribution in [0.5, 0.6) is 0 Å². The lowest BCUT2D eigenvalue weighted by Crippen LogP contribution is -2.17. The number of benzene rings is 2. The van der Waals surface area contributed by atoms with Crippen molar-refractivity contribution >= 4 is 33.4 Å². The number of amides is 1. The number of carbonyl (C=O) groups excluding carboxylic acids is 2. The average Bonchev–Trinajstić information content (AvgIpc) is 3.05. The molecule has 3 aromatic rings. The van der Waals surface area contributed by atoms with Crippen LogP contribution in [0.2, 0.25) is 0 Å². The summed E-state index contributed by atoms with van der Waals surface area (Å²) in [6.07, 6.45) is 5.74. The molecule has 0 aliphatic rings. The molecule has 30 heavy (non-hydrogen) atoms. The highest BCUT2D eigenvalue weighted by Crippen LogP contribution is 2.20. The number of aromatic nitrogens is 1. The summed E-state index contributed by atoms with van der Waals surface area (Å²) in [5.41, 5.74) is 3.44. The van der Waals surface area contributed by atoms with E-state index in [1.807, 2.05) is 34.9 Å². The third-order valence-corrected chi connectivity index (χ3v) is 5.71. The molecule has 0 bridgehead atoms. The molecule has 0 saturated heterocycles. The van der Waals surface area contributed by atoms with Crippen LogP contribution in [0.4, 0.5) is 0 Å². The summed E-state index contributed by atoms with van der Waals surface area (Å²) >= 11 is 1.33. The minimum Gasteiger partial charge on any atom is -0.462 e. The van der Waals surface area contributed by atoms with Gasteiger partial charge in [0.15, 0.2) is 4.80 Å². The Hall–Kier alpha value is -3.17. The maximum Gasteiger partial charge on any atom is 0.338 e. The van der Waals surface area contributed by atoms with Crippen molar-refractivity contribution in [1.29, 1.82) is 0 Å². The van der Waals surface area contributed by atoms with Gasteiger partial charge in [-0.1, -0.05) is 55.4 Å². The minimum atomic E-state index is -0.379. The quantitative estimate of drug-likeness (QED) is 0.441. The molecule has 1 aromatic heterocycles. The van der Waals surface area contributed by atoms with Crippen molar-refractivity contribution < 1.29 is 14.3 Å². The molecule has 3 rings (SSSR count). The van der Waals surface area contributed by atoms with Crippen LogP contribution in [-0.2, 0) is 22.5 Å². The first-order chi connectivity index (χ1) is 14.4. The molecule has 0 fully saturated rings. The molecule has 0 unspecified atom stereocenters. The Morgan fingerprint density at radius 1 is 1.20 bits per heavy atom. The number of rotatable bonds is 6. The molecule has 5 nitrogen and oxygen atoms in total. The average molecular weight is 421 g/mol. The first kappa shape index (κ1) is 21.5. The summed E-state index contributed by atoms with van der Waals surface area (Å²) in [6.45, 7) is 6.63. The zero-order valence-corrected chi connectivity index (χ0v) is 18.2. The van der Waals surface area contributed by atoms with Crippen LogP contribution >= 0.6 is 11.3 Å². The maximum atomic E-state index is 12.6. The van der Waals surface area contributed by atoms with Gasteiger partial charge in [-0.25, -0.2) is 4.79 Å². The van der Waals surface area contributed by atoms with E-state index in [1.54, 1.807) is 19.1 Å². The van der Waals surface area contributed by atoms with E-state index in [0.717, 1.165) is 15.8 Å². The number of terminal acetylenes is 1. The van der Waals surface area contributed by atoms with Gasteiger partial charge < -0.3 is 9.30 Å². The monoisotopic (exact) mass is 420 g/mol. The van der Waals surface area contributed by atoms with Crippen molar-refractivity contribution in [3.05, 3.63) is 64.0 Å². The molecule has 1 amide bonds. The SMILES string of the molecule is C#CCn1c(=NC(=O)Cc2ccc(C(C)C)cc2)sc2cc(C(=O)OCC)ccc21. The fourth-order valence-corrected chi connectivity index (χ4v) is 4.17. The number of hydrogen-bond donors (Lipinski definition) is 0. The van der Waals surface area contributed by atoms with Crippen molar-refractivity contribution in [3.8, 4) is 12.3 Å². The summed E-state index contributed by atoms with van der Waals surface area (Å²) in [5, 5.41) is 0. The number of thiazole rings is 1. The number of carbonyl (C=O) groups is 2. The van der Waals surface area contributed by atoms with Crippen LogP contribution in [0.1, 0.15) is 48.2 Å². The van der Waals surface area contributed by atoms with Gasteiger partial charge in [0.25, 0.3) is 5.91 Å². The van der Waals surface area contributed by atoms with Crippen molar-refractivity contribution in [3.63, 3.8) is 0 Å². The summed E-state index contributed by atoms with van der Waals surface area (Å²) in [7, 11) is 0. The van der Waals surface area contributed by atoms with Gasteiger partial charge in [-0.05, 0) is 42.2 Å². The molecule has 0 saturated carbocycles. The number of esters is 1. The smallest absolute Gasteiger partial charge is 0.338 e. The maximum absolute atomic E-state index is 12.6. The fraction of sp³-hybridized carbons (Fsp3) is 0.292. The molecule has 0 atom stereocenters. The Balaban J connectivity index is 1.93. The Labute approximate surface area is 180 Å². The van der Waals surface area contributed by atoms with Crippen molar-refractivity contribution in [1.82, 2.24) is 4.57 Å². The molecule has 2 aromatic carbocycles. The van der Waals surface area contributed by atoms with Crippen LogP contribution in [0, 0.1) is 12.3 Å². The zero-order valence-electron chi connectivity index (χ0n) is 17.3. The van der Waals surface area contributed by atoms with E-state index in [-0.39, 0.29) is 24.8 Å². The van der Waals surface area contributed by atoms with Crippen molar-refractivity contribution in [2.75, 3.05) is 6.61 Å². The highest BCUT2D eigenvalue weighted by Gasteiger charge is 2.12. The van der Waals surface area contributed by atoms with Crippen molar-refractivity contribution in [2.45, 2.75) is 39.7 Å². The Morgan fingerprint density at radius 3 is 2.57 bits per heavy atom. The lowest BCUT2D eigenvalue weighted by Gasteiger charge is -2.05. The van der Waals surface area contributed by atoms with Gasteiger partial charge >= 0.3 is 5.97 Å². The zero-order chi connectivity index (χ0) is 21.7. The molecule has 0 radical (unpaired) electrons. The van der Waals surface area contributed by atoms with Crippen LogP contribution in [0.3, 0.4) is 0 Å².